The number of benzene rings is 21. The van der Waals surface area contributed by atoms with Crippen LogP contribution < -0.4 is 9.80 Å². The van der Waals surface area contributed by atoms with Crippen molar-refractivity contribution in [3.63, 3.8) is 0 Å². The van der Waals surface area contributed by atoms with Gasteiger partial charge in [-0.05, 0) is 309 Å². The number of nitrogens with zero attached hydrogens (tertiary/aromatic N) is 3. The Balaban J connectivity index is 0.0000000946. The number of H-pyrrole nitrogens is 2. The zero-order valence-corrected chi connectivity index (χ0v) is 74.7. The van der Waals surface area contributed by atoms with E-state index in [4.69, 9.17) is 6.57 Å². The van der Waals surface area contributed by atoms with Gasteiger partial charge in [0, 0.05) is 83.6 Å². The van der Waals surface area contributed by atoms with Crippen molar-refractivity contribution in [3.05, 3.63) is 510 Å². The standard InChI is InChI=1S/C45H32N2.C34H22N2.C26H15N.C25H15F/c1-45(2)39-17-7-6-14-34(39)35-24-22-33(27-40(35)45)47(31-20-18-29(19-21-31)28-10-4-3-5-11-28)32-23-25-41-38(26-32)43-36-15-8-12-30-13-9-16-37(42(30)36)44(43)46-41;1-2-12-25(13-3-1)36(26-17-16-22-8-4-5-9-24(22)20-26)27-18-19-31-30(21-27)33-28-14-6-10-23-11-7-15-29(32(23)28)34(33)35-31;1-27-20-12-10-16(11-13-20)18-8-9-19-15-24-21-6-2-4-17-5-3-7-22(25(17)21)26(24)23(19)14-18;26-19-11-9-15(10-12-19)17-7-8-18-14-23-20-5-1-3-16-4-2-6-21(24(16)20)25(23)22(18)13-17/h3-27,46H,1-2H3;1-21,35H;2-14H,15H2;1-13H,14H2. The molecule has 136 heavy (non-hydrogen) atoms. The molecule has 2 heterocycles. The Bertz CT molecular complexity index is 9110. The van der Waals surface area contributed by atoms with E-state index in [1.807, 2.05) is 36.4 Å². The fourth-order valence-electron chi connectivity index (χ4n) is 23.4. The summed E-state index contributed by atoms with van der Waals surface area (Å²) in [7, 11) is 0. The van der Waals surface area contributed by atoms with Crippen molar-refractivity contribution >= 4 is 138 Å². The van der Waals surface area contributed by atoms with Crippen LogP contribution in [0.2, 0.25) is 0 Å². The smallest absolute Gasteiger partial charge is 0.187 e. The van der Waals surface area contributed by atoms with Crippen molar-refractivity contribution in [1.29, 1.82) is 0 Å². The summed E-state index contributed by atoms with van der Waals surface area (Å²) in [6.07, 6.45) is 2.00. The summed E-state index contributed by atoms with van der Waals surface area (Å²) in [5.74, 6) is -0.196. The zero-order chi connectivity index (χ0) is 90.1. The first-order valence-corrected chi connectivity index (χ1v) is 47.0. The minimum atomic E-state index is -0.196. The molecule has 636 valence electrons. The van der Waals surface area contributed by atoms with E-state index in [1.54, 1.807) is 0 Å². The second-order valence-corrected chi connectivity index (χ2v) is 37.4. The number of fused-ring (bicyclic) bond motifs is 22. The monoisotopic (exact) mass is 1730 g/mol. The van der Waals surface area contributed by atoms with Gasteiger partial charge in [0.2, 0.25) is 0 Å². The van der Waals surface area contributed by atoms with Crippen LogP contribution in [0.3, 0.4) is 0 Å². The number of anilines is 6. The third-order valence-electron chi connectivity index (χ3n) is 29.6. The van der Waals surface area contributed by atoms with Gasteiger partial charge in [0.15, 0.2) is 5.69 Å². The summed E-state index contributed by atoms with van der Waals surface area (Å²) < 4.78 is 13.3. The summed E-state index contributed by atoms with van der Waals surface area (Å²) in [5, 5.41) is 15.7. The van der Waals surface area contributed by atoms with Gasteiger partial charge in [-0.25, -0.2) is 9.24 Å². The minimum Gasteiger partial charge on any atom is -0.354 e. The van der Waals surface area contributed by atoms with E-state index in [2.05, 4.69) is 427 Å². The lowest BCUT2D eigenvalue weighted by Gasteiger charge is -2.28. The highest BCUT2D eigenvalue weighted by Gasteiger charge is 2.38. The van der Waals surface area contributed by atoms with E-state index in [1.165, 1.54) is 233 Å². The van der Waals surface area contributed by atoms with Crippen molar-refractivity contribution in [2.24, 2.45) is 0 Å². The molecule has 2 aromatic heterocycles. The van der Waals surface area contributed by atoms with Crippen molar-refractivity contribution in [2.45, 2.75) is 32.1 Å². The molecule has 0 aliphatic heterocycles. The fourth-order valence-corrected chi connectivity index (χ4v) is 23.4. The molecule has 0 unspecified atom stereocenters. The van der Waals surface area contributed by atoms with E-state index in [0.29, 0.717) is 5.69 Å². The number of aromatic nitrogens is 2. The van der Waals surface area contributed by atoms with Crippen LogP contribution in [-0.4, -0.2) is 9.97 Å². The lowest BCUT2D eigenvalue weighted by Crippen LogP contribution is -2.16. The quantitative estimate of drug-likeness (QED) is 0.141. The predicted molar refractivity (Wildman–Crippen MR) is 567 cm³/mol. The number of hydrogen-bond acceptors (Lipinski definition) is 2. The molecule has 2 N–H and O–H groups in total. The molecule has 0 bridgehead atoms. The highest BCUT2D eigenvalue weighted by molar-refractivity contribution is 6.25. The van der Waals surface area contributed by atoms with Gasteiger partial charge >= 0.3 is 0 Å². The molecule has 0 saturated heterocycles. The normalized spacial score (nSPS) is 13.2. The number of rotatable bonds is 9. The first-order chi connectivity index (χ1) is 67.0. The number of hydrogen-bond donors (Lipinski definition) is 2. The molecule has 21 aromatic carbocycles. The third-order valence-corrected chi connectivity index (χ3v) is 29.6. The largest absolute Gasteiger partial charge is 0.354 e. The molecule has 7 aliphatic rings. The molecular formula is C130H84FN5. The molecule has 30 rings (SSSR count). The Morgan fingerprint density at radius 1 is 0.265 bits per heavy atom. The average Bonchev–Trinajstić information content (AvgIpc) is 1.56. The molecule has 7 aliphatic carbocycles. The van der Waals surface area contributed by atoms with E-state index < -0.39 is 0 Å². The number of nitrogens with one attached hydrogen (secondary N) is 2. The predicted octanol–water partition coefficient (Wildman–Crippen LogP) is 35.4. The SMILES string of the molecule is CC1(C)c2ccccc2-c2ccc(N(c3ccc(-c4ccccc4)cc3)c3ccc4[nH]c5c(c4c3)-c3cccc4cccc-5c34)cc21.Fc1ccc(-c2ccc3c(c2)C2=C(C3)c3cccc4cccc2c34)cc1.[C-]#[N+]c1ccc(-c2ccc3c(c2)C2=C(C3)c3cccc4cccc2c34)cc1.c1ccc(N(c2ccc3ccccc3c2)c2ccc3[nH]c4c(c3c2)-c2cccc3cccc-4c23)cc1. The van der Waals surface area contributed by atoms with Crippen molar-refractivity contribution < 1.29 is 4.39 Å². The zero-order valence-electron chi connectivity index (χ0n) is 74.7. The van der Waals surface area contributed by atoms with Gasteiger partial charge in [-0.15, -0.1) is 0 Å². The van der Waals surface area contributed by atoms with Crippen LogP contribution in [0.1, 0.15) is 69.5 Å². The molecule has 5 nitrogen and oxygen atoms in total. The van der Waals surface area contributed by atoms with E-state index in [0.717, 1.165) is 69.2 Å². The van der Waals surface area contributed by atoms with Gasteiger partial charge in [-0.2, -0.15) is 0 Å². The third kappa shape index (κ3) is 12.4. The van der Waals surface area contributed by atoms with Crippen LogP contribution in [0, 0.1) is 12.4 Å². The van der Waals surface area contributed by atoms with Gasteiger partial charge < -0.3 is 19.8 Å². The molecule has 0 saturated carbocycles. The van der Waals surface area contributed by atoms with E-state index in [9.17, 15) is 4.39 Å². The van der Waals surface area contributed by atoms with Crippen LogP contribution in [0.15, 0.2) is 437 Å². The second-order valence-electron chi connectivity index (χ2n) is 37.4. The van der Waals surface area contributed by atoms with Crippen molar-refractivity contribution in [3.8, 4) is 89.3 Å². The summed E-state index contributed by atoms with van der Waals surface area (Å²) in [6.45, 7) is 11.8. The Kier molecular flexibility index (Phi) is 17.8. The maximum Gasteiger partial charge on any atom is 0.187 e. The van der Waals surface area contributed by atoms with Gasteiger partial charge in [0.25, 0.3) is 0 Å². The first-order valence-electron chi connectivity index (χ1n) is 47.0. The summed E-state index contributed by atoms with van der Waals surface area (Å²) in [5.41, 5.74) is 49.2. The Labute approximate surface area is 787 Å². The molecule has 0 amide bonds. The maximum absolute atomic E-state index is 13.3. The molecule has 0 radical (unpaired) electrons. The van der Waals surface area contributed by atoms with Gasteiger partial charge in [-0.1, -0.05) is 341 Å². The lowest BCUT2D eigenvalue weighted by atomic mass is 9.82. The average molecular weight is 1740 g/mol. The molecule has 0 spiro atoms. The Morgan fingerprint density at radius 3 is 1.16 bits per heavy atom. The van der Waals surface area contributed by atoms with Crippen LogP contribution in [-0.2, 0) is 18.3 Å². The van der Waals surface area contributed by atoms with Crippen LogP contribution >= 0.6 is 0 Å². The second kappa shape index (κ2) is 30.8. The van der Waals surface area contributed by atoms with E-state index in [-0.39, 0.29) is 11.2 Å². The summed E-state index contributed by atoms with van der Waals surface area (Å²) in [4.78, 5) is 15.8. The molecule has 23 aromatic rings. The molecular weight excluding hydrogens is 1650 g/mol. The number of para-hydroxylation sites is 1. The Hall–Kier alpha value is -17.5. The molecule has 6 heteroatoms. The van der Waals surface area contributed by atoms with Crippen LogP contribution in [0.4, 0.5) is 44.2 Å². The van der Waals surface area contributed by atoms with Crippen molar-refractivity contribution in [2.75, 3.05) is 9.80 Å². The summed E-state index contributed by atoms with van der Waals surface area (Å²) >= 11 is 0. The number of aromatic amines is 2. The van der Waals surface area contributed by atoms with E-state index >= 15 is 0 Å². The van der Waals surface area contributed by atoms with Gasteiger partial charge in [0.05, 0.1) is 18.0 Å². The van der Waals surface area contributed by atoms with Crippen LogP contribution in [0.25, 0.3) is 192 Å². The highest BCUT2D eigenvalue weighted by Crippen LogP contribution is 2.58. The van der Waals surface area contributed by atoms with Crippen LogP contribution in [0.5, 0.6) is 0 Å². The van der Waals surface area contributed by atoms with Gasteiger partial charge in [0.1, 0.15) is 5.82 Å². The highest BCUT2D eigenvalue weighted by atomic mass is 19.1. The first kappa shape index (κ1) is 78.4. The Morgan fingerprint density at radius 2 is 0.632 bits per heavy atom. The molecule has 0 fully saturated rings. The summed E-state index contributed by atoms with van der Waals surface area (Å²) in [6, 6.07) is 156. The van der Waals surface area contributed by atoms with Gasteiger partial charge in [-0.3, -0.25) is 0 Å². The fraction of sp³-hybridized carbons (Fsp3) is 0.0385. The maximum atomic E-state index is 13.3. The minimum absolute atomic E-state index is 0.0827. The number of allylic oxidation sites excluding steroid dienone is 2. The topological polar surface area (TPSA) is 42.4 Å². The van der Waals surface area contributed by atoms with Crippen molar-refractivity contribution in [1.82, 2.24) is 9.97 Å². The molecule has 0 atom stereocenters. The lowest BCUT2D eigenvalue weighted by molar-refractivity contribution is 0.628. The number of halogens is 1.